The lowest BCUT2D eigenvalue weighted by Crippen LogP contribution is -2.43. The molecular weight excluding hydrogens is 254 g/mol. The first kappa shape index (κ1) is 13.4. The molecule has 0 aliphatic heterocycles. The number of alkyl halides is 1. The summed E-state index contributed by atoms with van der Waals surface area (Å²) in [6.45, 7) is 8.09. The van der Waals surface area contributed by atoms with E-state index < -0.39 is 14.8 Å². The average molecular weight is 272 g/mol. The van der Waals surface area contributed by atoms with Crippen LogP contribution in [0.4, 0.5) is 0 Å². The molecule has 3 nitrogen and oxygen atoms in total. The molecule has 0 aromatic heterocycles. The Balaban J connectivity index is 4.80. The summed E-state index contributed by atoms with van der Waals surface area (Å²) in [6.07, 6.45) is 0. The van der Waals surface area contributed by atoms with Crippen LogP contribution in [-0.2, 0) is 10.0 Å². The van der Waals surface area contributed by atoms with Crippen molar-refractivity contribution in [3.05, 3.63) is 0 Å². The van der Waals surface area contributed by atoms with Gasteiger partial charge in [-0.1, -0.05) is 22.9 Å². The lowest BCUT2D eigenvalue weighted by atomic mass is 10.3. The Labute approximate surface area is 89.7 Å². The van der Waals surface area contributed by atoms with Gasteiger partial charge in [0.1, 0.15) is 0 Å². The monoisotopic (exact) mass is 271 g/mol. The van der Waals surface area contributed by atoms with E-state index in [0.717, 1.165) is 0 Å². The van der Waals surface area contributed by atoms with Gasteiger partial charge < -0.3 is 0 Å². The molecule has 0 aromatic carbocycles. The maximum Gasteiger partial charge on any atom is 0.219 e. The van der Waals surface area contributed by atoms with Crippen molar-refractivity contribution in [2.45, 2.75) is 32.4 Å². The third-order valence-corrected chi connectivity index (χ3v) is 4.82. The van der Waals surface area contributed by atoms with Crippen LogP contribution in [0.3, 0.4) is 0 Å². The van der Waals surface area contributed by atoms with E-state index in [-0.39, 0.29) is 0 Å². The van der Waals surface area contributed by atoms with Crippen molar-refractivity contribution < 1.29 is 8.42 Å². The fourth-order valence-electron chi connectivity index (χ4n) is 0.930. The molecule has 80 valence electrons. The largest absolute Gasteiger partial charge is 0.219 e. The second-order valence-electron chi connectivity index (χ2n) is 3.80. The number of hydrogen-bond donors (Lipinski definition) is 0. The number of hydrogen-bond acceptors (Lipinski definition) is 2. The number of nitrogens with zero attached hydrogens (tertiary/aromatic N) is 1. The van der Waals surface area contributed by atoms with Gasteiger partial charge in [0.05, 0.1) is 4.75 Å². The SMILES string of the molecule is CCN(CCBr)S(=O)(=O)C(C)(C)C. The van der Waals surface area contributed by atoms with Crippen LogP contribution >= 0.6 is 15.9 Å². The quantitative estimate of drug-likeness (QED) is 0.732. The second-order valence-corrected chi connectivity index (χ2v) is 7.28. The van der Waals surface area contributed by atoms with Crippen molar-refractivity contribution in [1.82, 2.24) is 4.31 Å². The topological polar surface area (TPSA) is 37.4 Å². The van der Waals surface area contributed by atoms with E-state index in [1.54, 1.807) is 20.8 Å². The van der Waals surface area contributed by atoms with Crippen LogP contribution in [0.5, 0.6) is 0 Å². The molecule has 0 atom stereocenters. The van der Waals surface area contributed by atoms with Crippen molar-refractivity contribution in [1.29, 1.82) is 0 Å². The third-order valence-electron chi connectivity index (χ3n) is 1.80. The van der Waals surface area contributed by atoms with E-state index >= 15 is 0 Å². The zero-order chi connectivity index (χ0) is 10.7. The minimum atomic E-state index is -3.15. The van der Waals surface area contributed by atoms with Gasteiger partial charge in [-0.2, -0.15) is 0 Å². The highest BCUT2D eigenvalue weighted by Crippen LogP contribution is 2.19. The maximum absolute atomic E-state index is 11.9. The van der Waals surface area contributed by atoms with Crippen molar-refractivity contribution in [2.24, 2.45) is 0 Å². The lowest BCUT2D eigenvalue weighted by Gasteiger charge is -2.28. The minimum Gasteiger partial charge on any atom is -0.212 e. The summed E-state index contributed by atoms with van der Waals surface area (Å²) < 4.78 is 24.6. The Hall–Kier alpha value is 0.390. The molecule has 0 saturated carbocycles. The normalized spacial score (nSPS) is 13.7. The van der Waals surface area contributed by atoms with Crippen molar-refractivity contribution in [3.8, 4) is 0 Å². The van der Waals surface area contributed by atoms with Gasteiger partial charge in [0, 0.05) is 18.4 Å². The first-order valence-electron chi connectivity index (χ1n) is 4.33. The van der Waals surface area contributed by atoms with Crippen LogP contribution in [-0.4, -0.2) is 35.9 Å². The van der Waals surface area contributed by atoms with Crippen LogP contribution in [0, 0.1) is 0 Å². The Morgan fingerprint density at radius 3 is 2.00 bits per heavy atom. The standard InChI is InChI=1S/C8H18BrNO2S/c1-5-10(7-6-9)13(11,12)8(2,3)4/h5-7H2,1-4H3. The van der Waals surface area contributed by atoms with Crippen LogP contribution in [0.15, 0.2) is 0 Å². The van der Waals surface area contributed by atoms with Gasteiger partial charge in [0.2, 0.25) is 10.0 Å². The molecule has 0 fully saturated rings. The van der Waals surface area contributed by atoms with E-state index in [0.29, 0.717) is 18.4 Å². The second kappa shape index (κ2) is 4.75. The van der Waals surface area contributed by atoms with E-state index in [1.807, 2.05) is 6.92 Å². The van der Waals surface area contributed by atoms with Crippen LogP contribution in [0.1, 0.15) is 27.7 Å². The Morgan fingerprint density at radius 2 is 1.77 bits per heavy atom. The number of halogens is 1. The number of sulfonamides is 1. The summed E-state index contributed by atoms with van der Waals surface area (Å²) in [5.41, 5.74) is 0. The molecule has 0 aliphatic rings. The fourth-order valence-corrected chi connectivity index (χ4v) is 3.04. The van der Waals surface area contributed by atoms with Crippen molar-refractivity contribution in [3.63, 3.8) is 0 Å². The highest BCUT2D eigenvalue weighted by molar-refractivity contribution is 9.09. The van der Waals surface area contributed by atoms with E-state index in [1.165, 1.54) is 4.31 Å². The van der Waals surface area contributed by atoms with Crippen molar-refractivity contribution in [2.75, 3.05) is 18.4 Å². The predicted molar refractivity (Wildman–Crippen MR) is 59.7 cm³/mol. The zero-order valence-electron chi connectivity index (χ0n) is 8.67. The molecule has 13 heavy (non-hydrogen) atoms. The van der Waals surface area contributed by atoms with Gasteiger partial charge in [0.25, 0.3) is 0 Å². The number of rotatable bonds is 4. The van der Waals surface area contributed by atoms with Gasteiger partial charge >= 0.3 is 0 Å². The average Bonchev–Trinajstić information content (AvgIpc) is 1.97. The third kappa shape index (κ3) is 3.22. The first-order chi connectivity index (χ1) is 5.77. The summed E-state index contributed by atoms with van der Waals surface area (Å²) in [4.78, 5) is 0. The molecule has 0 rings (SSSR count). The molecule has 0 N–H and O–H groups in total. The van der Waals surface area contributed by atoms with Gasteiger partial charge in [-0.05, 0) is 20.8 Å². The molecule has 0 bridgehead atoms. The Morgan fingerprint density at radius 1 is 1.31 bits per heavy atom. The molecule has 0 heterocycles. The Bertz CT molecular complexity index is 243. The van der Waals surface area contributed by atoms with Crippen LogP contribution in [0.25, 0.3) is 0 Å². The molecule has 0 amide bonds. The Kier molecular flexibility index (Phi) is 4.90. The molecule has 0 aromatic rings. The van der Waals surface area contributed by atoms with Crippen LogP contribution < -0.4 is 0 Å². The van der Waals surface area contributed by atoms with E-state index in [2.05, 4.69) is 15.9 Å². The maximum atomic E-state index is 11.9. The lowest BCUT2D eigenvalue weighted by molar-refractivity contribution is 0.426. The van der Waals surface area contributed by atoms with Gasteiger partial charge in [-0.3, -0.25) is 0 Å². The summed E-state index contributed by atoms with van der Waals surface area (Å²) >= 11 is 3.24. The zero-order valence-corrected chi connectivity index (χ0v) is 11.1. The smallest absolute Gasteiger partial charge is 0.212 e. The highest BCUT2D eigenvalue weighted by atomic mass is 79.9. The minimum absolute atomic E-state index is 0.533. The van der Waals surface area contributed by atoms with Crippen molar-refractivity contribution >= 4 is 26.0 Å². The van der Waals surface area contributed by atoms with Gasteiger partial charge in [-0.15, -0.1) is 0 Å². The van der Waals surface area contributed by atoms with E-state index in [4.69, 9.17) is 0 Å². The predicted octanol–water partition coefficient (Wildman–Crippen LogP) is 1.83. The summed E-state index contributed by atoms with van der Waals surface area (Å²) in [6, 6.07) is 0. The molecule has 0 spiro atoms. The van der Waals surface area contributed by atoms with Gasteiger partial charge in [0.15, 0.2) is 0 Å². The highest BCUT2D eigenvalue weighted by Gasteiger charge is 2.33. The summed E-state index contributed by atoms with van der Waals surface area (Å²) in [7, 11) is -3.15. The molecule has 5 heteroatoms. The molecule has 0 aliphatic carbocycles. The van der Waals surface area contributed by atoms with Gasteiger partial charge in [-0.25, -0.2) is 12.7 Å². The summed E-state index contributed by atoms with van der Waals surface area (Å²) in [5, 5.41) is 0.677. The molecule has 0 saturated heterocycles. The molecular formula is C8H18BrNO2S. The fraction of sp³-hybridized carbons (Fsp3) is 1.00. The summed E-state index contributed by atoms with van der Waals surface area (Å²) in [5.74, 6) is 0. The first-order valence-corrected chi connectivity index (χ1v) is 6.89. The van der Waals surface area contributed by atoms with Crippen LogP contribution in [0.2, 0.25) is 0 Å². The molecule has 0 radical (unpaired) electrons. The van der Waals surface area contributed by atoms with E-state index in [9.17, 15) is 8.42 Å². The molecule has 0 unspecified atom stereocenters.